The molecule has 0 unspecified atom stereocenters. The first-order valence-electron chi connectivity index (χ1n) is 10.7. The molecule has 1 aliphatic carbocycles. The Hall–Kier alpha value is -3.24. The molecule has 0 N–H and O–H groups in total. The molecule has 1 fully saturated rings. The summed E-state index contributed by atoms with van der Waals surface area (Å²) in [6.07, 6.45) is 7.99. The predicted molar refractivity (Wildman–Crippen MR) is 126 cm³/mol. The van der Waals surface area contributed by atoms with Crippen LogP contribution < -0.4 is 0 Å². The van der Waals surface area contributed by atoms with E-state index in [-0.39, 0.29) is 17.7 Å². The number of carbonyl (C=O) groups excluding carboxylic acids is 1. The van der Waals surface area contributed by atoms with Gasteiger partial charge in [0, 0.05) is 35.3 Å². The van der Waals surface area contributed by atoms with Gasteiger partial charge in [0.15, 0.2) is 11.0 Å². The summed E-state index contributed by atoms with van der Waals surface area (Å²) in [5, 5.41) is 17.9. The van der Waals surface area contributed by atoms with E-state index >= 15 is 0 Å². The van der Waals surface area contributed by atoms with Crippen molar-refractivity contribution in [1.29, 1.82) is 0 Å². The summed E-state index contributed by atoms with van der Waals surface area (Å²) in [5.41, 5.74) is 1.72. The quantitative estimate of drug-likeness (QED) is 0.356. The molecular formula is C23H20N6O2S2. The molecule has 10 heteroatoms. The minimum Gasteiger partial charge on any atom is -0.463 e. The summed E-state index contributed by atoms with van der Waals surface area (Å²) in [5.74, 6) is 1.67. The third kappa shape index (κ3) is 4.00. The summed E-state index contributed by atoms with van der Waals surface area (Å²) >= 11 is 3.05. The standard InChI is InChI=1S/C23H20N6O2S2/c30-21(29-18(20-6-3-11-32-20)12-17(27-29)19-5-2-10-31-19)14-33-23-26-25-22(28(23)16-7-8-16)15-4-1-9-24-13-15/h1-6,9-11,13,16,18H,7-8,12,14H2/t18-/m1/s1. The smallest absolute Gasteiger partial charge is 0.253 e. The molecule has 5 heterocycles. The van der Waals surface area contributed by atoms with Gasteiger partial charge >= 0.3 is 0 Å². The molecule has 0 radical (unpaired) electrons. The van der Waals surface area contributed by atoms with E-state index in [1.807, 2.05) is 41.8 Å². The van der Waals surface area contributed by atoms with Crippen molar-refractivity contribution in [3.63, 3.8) is 0 Å². The van der Waals surface area contributed by atoms with Crippen molar-refractivity contribution in [1.82, 2.24) is 24.8 Å². The average Bonchev–Trinajstić information content (AvgIpc) is 3.34. The minimum absolute atomic E-state index is 0.0618. The van der Waals surface area contributed by atoms with Crippen molar-refractivity contribution >= 4 is 34.7 Å². The summed E-state index contributed by atoms with van der Waals surface area (Å²) < 4.78 is 7.68. The van der Waals surface area contributed by atoms with Crippen molar-refractivity contribution in [2.75, 3.05) is 5.75 Å². The molecule has 1 aliphatic heterocycles. The molecule has 4 aromatic heterocycles. The van der Waals surface area contributed by atoms with Crippen LogP contribution >= 0.6 is 23.1 Å². The number of hydrazone groups is 1. The molecule has 1 saturated carbocycles. The van der Waals surface area contributed by atoms with Crippen LogP contribution in [0.1, 0.15) is 42.0 Å². The van der Waals surface area contributed by atoms with Gasteiger partial charge in [0.25, 0.3) is 5.91 Å². The second-order valence-corrected chi connectivity index (χ2v) is 9.86. The molecule has 0 spiro atoms. The zero-order valence-corrected chi connectivity index (χ0v) is 19.2. The summed E-state index contributed by atoms with van der Waals surface area (Å²) in [7, 11) is 0. The highest BCUT2D eigenvalue weighted by molar-refractivity contribution is 7.99. The molecule has 8 nitrogen and oxygen atoms in total. The number of aromatic nitrogens is 4. The molecule has 0 bridgehead atoms. The topological polar surface area (TPSA) is 89.4 Å². The fourth-order valence-electron chi connectivity index (χ4n) is 3.96. The number of hydrogen-bond acceptors (Lipinski definition) is 8. The highest BCUT2D eigenvalue weighted by Crippen LogP contribution is 2.41. The normalized spacial score (nSPS) is 18.0. The second kappa shape index (κ2) is 8.60. The van der Waals surface area contributed by atoms with Gasteiger partial charge in [0.1, 0.15) is 11.5 Å². The highest BCUT2D eigenvalue weighted by Gasteiger charge is 2.35. The zero-order chi connectivity index (χ0) is 22.2. The van der Waals surface area contributed by atoms with E-state index in [0.29, 0.717) is 18.2 Å². The Morgan fingerprint density at radius 2 is 2.12 bits per heavy atom. The van der Waals surface area contributed by atoms with Gasteiger partial charge in [0.2, 0.25) is 0 Å². The van der Waals surface area contributed by atoms with Crippen LogP contribution in [0.3, 0.4) is 0 Å². The molecule has 4 aromatic rings. The van der Waals surface area contributed by atoms with Crippen LogP contribution in [0.25, 0.3) is 11.4 Å². The molecule has 0 aromatic carbocycles. The number of thioether (sulfide) groups is 1. The molecule has 0 saturated heterocycles. The number of pyridine rings is 1. The minimum atomic E-state index is -0.120. The number of rotatable bonds is 7. The maximum absolute atomic E-state index is 13.3. The number of amides is 1. The Morgan fingerprint density at radius 3 is 2.85 bits per heavy atom. The van der Waals surface area contributed by atoms with Crippen molar-refractivity contribution < 1.29 is 9.21 Å². The Balaban J connectivity index is 1.23. The first-order valence-corrected chi connectivity index (χ1v) is 12.6. The van der Waals surface area contributed by atoms with Crippen LogP contribution in [0, 0.1) is 0 Å². The second-order valence-electron chi connectivity index (χ2n) is 7.94. The first kappa shape index (κ1) is 20.4. The lowest BCUT2D eigenvalue weighted by atomic mass is 10.1. The fourth-order valence-corrected chi connectivity index (χ4v) is 5.63. The van der Waals surface area contributed by atoms with Crippen molar-refractivity contribution in [3.8, 4) is 11.4 Å². The molecule has 6 rings (SSSR count). The van der Waals surface area contributed by atoms with Gasteiger partial charge in [-0.25, -0.2) is 5.01 Å². The molecule has 2 aliphatic rings. The lowest BCUT2D eigenvalue weighted by molar-refractivity contribution is -0.130. The van der Waals surface area contributed by atoms with Crippen LogP contribution in [0.15, 0.2) is 75.1 Å². The van der Waals surface area contributed by atoms with Crippen molar-refractivity contribution in [2.24, 2.45) is 5.10 Å². The van der Waals surface area contributed by atoms with Gasteiger partial charge < -0.3 is 4.42 Å². The zero-order valence-electron chi connectivity index (χ0n) is 17.6. The monoisotopic (exact) mass is 476 g/mol. The number of furan rings is 1. The Morgan fingerprint density at radius 1 is 1.18 bits per heavy atom. The number of carbonyl (C=O) groups is 1. The van der Waals surface area contributed by atoms with Crippen LogP contribution in [-0.2, 0) is 4.79 Å². The third-order valence-electron chi connectivity index (χ3n) is 5.66. The summed E-state index contributed by atoms with van der Waals surface area (Å²) in [4.78, 5) is 18.6. The van der Waals surface area contributed by atoms with Crippen LogP contribution in [0.4, 0.5) is 0 Å². The Bertz CT molecular complexity index is 1280. The largest absolute Gasteiger partial charge is 0.463 e. The van der Waals surface area contributed by atoms with Gasteiger partial charge in [-0.15, -0.1) is 21.5 Å². The van der Waals surface area contributed by atoms with E-state index in [4.69, 9.17) is 4.42 Å². The average molecular weight is 477 g/mol. The number of nitrogens with zero attached hydrogens (tertiary/aromatic N) is 6. The van der Waals surface area contributed by atoms with Gasteiger partial charge in [0.05, 0.1) is 18.1 Å². The fraction of sp³-hybridized carbons (Fsp3) is 0.261. The highest BCUT2D eigenvalue weighted by atomic mass is 32.2. The lowest BCUT2D eigenvalue weighted by Gasteiger charge is -2.20. The van der Waals surface area contributed by atoms with E-state index < -0.39 is 0 Å². The van der Waals surface area contributed by atoms with Crippen molar-refractivity contribution in [2.45, 2.75) is 36.5 Å². The maximum atomic E-state index is 13.3. The lowest BCUT2D eigenvalue weighted by Crippen LogP contribution is -2.28. The third-order valence-corrected chi connectivity index (χ3v) is 7.57. The SMILES string of the molecule is O=C(CSc1nnc(-c2cccnc2)n1C1CC1)N1N=C(c2ccco2)C[C@@H]1c1cccs1. The molecule has 166 valence electrons. The van der Waals surface area contributed by atoms with E-state index in [1.165, 1.54) is 11.8 Å². The van der Waals surface area contributed by atoms with Crippen LogP contribution in [0.5, 0.6) is 0 Å². The number of thiophene rings is 1. The van der Waals surface area contributed by atoms with Crippen LogP contribution in [-0.4, -0.2) is 42.1 Å². The van der Waals surface area contributed by atoms with Gasteiger partial charge in [-0.2, -0.15) is 5.10 Å². The first-order chi connectivity index (χ1) is 16.3. The van der Waals surface area contributed by atoms with Gasteiger partial charge in [-0.05, 0) is 48.6 Å². The van der Waals surface area contributed by atoms with Crippen molar-refractivity contribution in [3.05, 3.63) is 71.1 Å². The van der Waals surface area contributed by atoms with E-state index in [2.05, 4.69) is 24.8 Å². The predicted octanol–water partition coefficient (Wildman–Crippen LogP) is 4.80. The molecule has 33 heavy (non-hydrogen) atoms. The van der Waals surface area contributed by atoms with Gasteiger partial charge in [-0.1, -0.05) is 17.8 Å². The van der Waals surface area contributed by atoms with Crippen LogP contribution in [0.2, 0.25) is 0 Å². The summed E-state index contributed by atoms with van der Waals surface area (Å²) in [6, 6.07) is 11.9. The summed E-state index contributed by atoms with van der Waals surface area (Å²) in [6.45, 7) is 0. The number of hydrogen-bond donors (Lipinski definition) is 0. The Kier molecular flexibility index (Phi) is 5.31. The molecule has 1 atom stereocenters. The molecular weight excluding hydrogens is 456 g/mol. The molecule has 1 amide bonds. The van der Waals surface area contributed by atoms with E-state index in [1.54, 1.807) is 35.0 Å². The Labute approximate surface area is 198 Å². The maximum Gasteiger partial charge on any atom is 0.253 e. The van der Waals surface area contributed by atoms with Gasteiger partial charge in [-0.3, -0.25) is 14.3 Å². The van der Waals surface area contributed by atoms with E-state index in [0.717, 1.165) is 40.0 Å². The van der Waals surface area contributed by atoms with E-state index in [9.17, 15) is 4.79 Å².